The van der Waals surface area contributed by atoms with Crippen LogP contribution in [0.5, 0.6) is 0 Å². The van der Waals surface area contributed by atoms with Crippen LogP contribution in [0.3, 0.4) is 0 Å². The van der Waals surface area contributed by atoms with Crippen LogP contribution in [0.15, 0.2) is 35.7 Å². The predicted molar refractivity (Wildman–Crippen MR) is 92.5 cm³/mol. The molecule has 0 saturated heterocycles. The summed E-state index contributed by atoms with van der Waals surface area (Å²) < 4.78 is 5.61. The third-order valence-electron chi connectivity index (χ3n) is 3.34. The van der Waals surface area contributed by atoms with Gasteiger partial charge in [-0.3, -0.25) is 4.79 Å². The lowest BCUT2D eigenvalue weighted by Crippen LogP contribution is -2.25. The van der Waals surface area contributed by atoms with Gasteiger partial charge in [-0.2, -0.15) is 0 Å². The molecule has 0 radical (unpaired) electrons. The Labute approximate surface area is 140 Å². The Hall–Kier alpha value is -1.76. The molecule has 1 amide bonds. The van der Waals surface area contributed by atoms with Gasteiger partial charge >= 0.3 is 0 Å². The van der Waals surface area contributed by atoms with Gasteiger partial charge in [-0.15, -0.1) is 11.3 Å². The maximum Gasteiger partial charge on any atom is 0.270 e. The Morgan fingerprint density at radius 2 is 2.04 bits per heavy atom. The molecule has 3 N–H and O–H groups in total. The number of rotatable bonds is 10. The first-order valence-corrected chi connectivity index (χ1v) is 8.72. The van der Waals surface area contributed by atoms with Crippen LogP contribution < -0.4 is 11.1 Å². The molecule has 1 aromatic heterocycles. The Balaban J connectivity index is 1.48. The van der Waals surface area contributed by atoms with E-state index in [0.29, 0.717) is 18.8 Å². The molecule has 0 atom stereocenters. The Kier molecular flexibility index (Phi) is 7.72. The third kappa shape index (κ3) is 6.48. The molecule has 0 spiro atoms. The fourth-order valence-corrected chi connectivity index (χ4v) is 2.72. The summed E-state index contributed by atoms with van der Waals surface area (Å²) in [4.78, 5) is 16.0. The number of benzene rings is 1. The molecule has 0 aliphatic heterocycles. The number of nitrogens with zero attached hydrogens (tertiary/aromatic N) is 1. The molecule has 2 rings (SSSR count). The van der Waals surface area contributed by atoms with E-state index < -0.39 is 0 Å². The highest BCUT2D eigenvalue weighted by Crippen LogP contribution is 2.08. The maximum atomic E-state index is 11.8. The second-order valence-corrected chi connectivity index (χ2v) is 6.08. The first-order valence-electron chi connectivity index (χ1n) is 7.84. The van der Waals surface area contributed by atoms with Gasteiger partial charge in [0, 0.05) is 25.1 Å². The van der Waals surface area contributed by atoms with Crippen molar-refractivity contribution in [2.75, 3.05) is 19.8 Å². The molecule has 0 aliphatic rings. The van der Waals surface area contributed by atoms with E-state index in [2.05, 4.69) is 22.4 Å². The van der Waals surface area contributed by atoms with Crippen molar-refractivity contribution < 1.29 is 9.53 Å². The molecule has 0 unspecified atom stereocenters. The highest BCUT2D eigenvalue weighted by atomic mass is 32.1. The van der Waals surface area contributed by atoms with Crippen molar-refractivity contribution in [3.63, 3.8) is 0 Å². The molecule has 0 fully saturated rings. The summed E-state index contributed by atoms with van der Waals surface area (Å²) in [5.74, 6) is -0.133. The quantitative estimate of drug-likeness (QED) is 0.654. The molecule has 2 aromatic rings. The number of aromatic nitrogens is 1. The molecule has 0 saturated carbocycles. The lowest BCUT2D eigenvalue weighted by molar-refractivity contribution is 0.0944. The molecular weight excluding hydrogens is 310 g/mol. The van der Waals surface area contributed by atoms with Crippen molar-refractivity contribution in [1.29, 1.82) is 0 Å². The van der Waals surface area contributed by atoms with E-state index in [-0.39, 0.29) is 5.91 Å². The number of hydrogen-bond donors (Lipinski definition) is 2. The standard InChI is InChI=1S/C17H23N3O2S/c18-12-16-20-15(13-23-16)17(21)19-9-4-5-10-22-11-8-14-6-2-1-3-7-14/h1-3,6-7,13H,4-5,8-12,18H2,(H,19,21). The number of carbonyl (C=O) groups is 1. The normalized spacial score (nSPS) is 10.7. The monoisotopic (exact) mass is 333 g/mol. The van der Waals surface area contributed by atoms with Gasteiger partial charge in [0.25, 0.3) is 5.91 Å². The van der Waals surface area contributed by atoms with Crippen LogP contribution >= 0.6 is 11.3 Å². The number of hydrogen-bond acceptors (Lipinski definition) is 5. The molecule has 1 aromatic carbocycles. The number of carbonyl (C=O) groups excluding carboxylic acids is 1. The number of nitrogens with two attached hydrogens (primary N) is 1. The van der Waals surface area contributed by atoms with Gasteiger partial charge in [-0.05, 0) is 24.8 Å². The minimum atomic E-state index is -0.133. The minimum absolute atomic E-state index is 0.133. The molecule has 0 aliphatic carbocycles. The lowest BCUT2D eigenvalue weighted by Gasteiger charge is -2.05. The van der Waals surface area contributed by atoms with E-state index in [0.717, 1.165) is 37.5 Å². The van der Waals surface area contributed by atoms with E-state index in [1.165, 1.54) is 16.9 Å². The minimum Gasteiger partial charge on any atom is -0.381 e. The predicted octanol–water partition coefficient (Wildman–Crippen LogP) is 2.37. The summed E-state index contributed by atoms with van der Waals surface area (Å²) in [6.45, 7) is 2.46. The van der Waals surface area contributed by atoms with Gasteiger partial charge in [0.15, 0.2) is 0 Å². The molecule has 1 heterocycles. The number of unbranched alkanes of at least 4 members (excludes halogenated alkanes) is 1. The van der Waals surface area contributed by atoms with Gasteiger partial charge in [0.2, 0.25) is 0 Å². The second kappa shape index (κ2) is 10.1. The maximum absolute atomic E-state index is 11.8. The summed E-state index contributed by atoms with van der Waals surface area (Å²) in [6.07, 6.45) is 2.76. The first-order chi connectivity index (χ1) is 11.3. The number of amides is 1. The molecule has 5 nitrogen and oxygen atoms in total. The Morgan fingerprint density at radius 1 is 1.22 bits per heavy atom. The fraction of sp³-hybridized carbons (Fsp3) is 0.412. The smallest absolute Gasteiger partial charge is 0.270 e. The van der Waals surface area contributed by atoms with Crippen LogP contribution in [0.1, 0.15) is 33.9 Å². The van der Waals surface area contributed by atoms with Crippen LogP contribution in [-0.2, 0) is 17.7 Å². The molecule has 23 heavy (non-hydrogen) atoms. The lowest BCUT2D eigenvalue weighted by atomic mass is 10.2. The summed E-state index contributed by atoms with van der Waals surface area (Å²) in [5, 5.41) is 5.38. The highest BCUT2D eigenvalue weighted by molar-refractivity contribution is 7.09. The van der Waals surface area contributed by atoms with E-state index in [1.807, 2.05) is 18.2 Å². The fourth-order valence-electron chi connectivity index (χ4n) is 2.07. The van der Waals surface area contributed by atoms with Crippen LogP contribution in [0.4, 0.5) is 0 Å². The van der Waals surface area contributed by atoms with Crippen LogP contribution in [-0.4, -0.2) is 30.6 Å². The summed E-state index contributed by atoms with van der Waals surface area (Å²) in [6, 6.07) is 10.3. The van der Waals surface area contributed by atoms with Gasteiger partial charge in [-0.1, -0.05) is 30.3 Å². The zero-order valence-electron chi connectivity index (χ0n) is 13.2. The van der Waals surface area contributed by atoms with Crippen molar-refractivity contribution in [1.82, 2.24) is 10.3 Å². The van der Waals surface area contributed by atoms with Crippen LogP contribution in [0.2, 0.25) is 0 Å². The van der Waals surface area contributed by atoms with Crippen molar-refractivity contribution in [3.8, 4) is 0 Å². The number of ether oxygens (including phenoxy) is 1. The Bertz CT molecular complexity index is 587. The Morgan fingerprint density at radius 3 is 2.78 bits per heavy atom. The van der Waals surface area contributed by atoms with E-state index >= 15 is 0 Å². The largest absolute Gasteiger partial charge is 0.381 e. The second-order valence-electron chi connectivity index (χ2n) is 5.14. The summed E-state index contributed by atoms with van der Waals surface area (Å²) in [7, 11) is 0. The topological polar surface area (TPSA) is 77.2 Å². The van der Waals surface area contributed by atoms with Gasteiger partial charge in [0.1, 0.15) is 10.7 Å². The van der Waals surface area contributed by atoms with Crippen molar-refractivity contribution in [2.24, 2.45) is 5.73 Å². The third-order valence-corrected chi connectivity index (χ3v) is 4.21. The van der Waals surface area contributed by atoms with Gasteiger partial charge in [-0.25, -0.2) is 4.98 Å². The zero-order valence-corrected chi connectivity index (χ0v) is 14.0. The number of nitrogens with one attached hydrogen (secondary N) is 1. The summed E-state index contributed by atoms with van der Waals surface area (Å²) >= 11 is 1.41. The van der Waals surface area contributed by atoms with Gasteiger partial charge in [0.05, 0.1) is 6.61 Å². The molecular formula is C17H23N3O2S. The first kappa shape index (κ1) is 17.6. The van der Waals surface area contributed by atoms with Gasteiger partial charge < -0.3 is 15.8 Å². The van der Waals surface area contributed by atoms with Crippen LogP contribution in [0, 0.1) is 0 Å². The van der Waals surface area contributed by atoms with Crippen LogP contribution in [0.25, 0.3) is 0 Å². The summed E-state index contributed by atoms with van der Waals surface area (Å²) in [5.41, 5.74) is 7.23. The zero-order chi connectivity index (χ0) is 16.3. The average molecular weight is 333 g/mol. The highest BCUT2D eigenvalue weighted by Gasteiger charge is 2.08. The molecule has 0 bridgehead atoms. The van der Waals surface area contributed by atoms with E-state index in [4.69, 9.17) is 10.5 Å². The number of thiazole rings is 1. The average Bonchev–Trinajstić information content (AvgIpc) is 3.07. The van der Waals surface area contributed by atoms with E-state index in [9.17, 15) is 4.79 Å². The van der Waals surface area contributed by atoms with E-state index in [1.54, 1.807) is 5.38 Å². The molecule has 124 valence electrons. The van der Waals surface area contributed by atoms with Crippen molar-refractivity contribution in [3.05, 3.63) is 52.0 Å². The van der Waals surface area contributed by atoms with Crippen molar-refractivity contribution >= 4 is 17.2 Å². The SMILES string of the molecule is NCc1nc(C(=O)NCCCCOCCc2ccccc2)cs1. The van der Waals surface area contributed by atoms with Crippen molar-refractivity contribution in [2.45, 2.75) is 25.8 Å². The molecule has 6 heteroatoms.